The van der Waals surface area contributed by atoms with Gasteiger partial charge in [-0.15, -0.1) is 0 Å². The fraction of sp³-hybridized carbons (Fsp3) is 0.500. The predicted molar refractivity (Wildman–Crippen MR) is 56.7 cm³/mol. The van der Waals surface area contributed by atoms with Crippen molar-refractivity contribution in [2.45, 2.75) is 19.9 Å². The third-order valence-electron chi connectivity index (χ3n) is 2.20. The largest absolute Gasteiger partial charge is 0.477 e. The Kier molecular flexibility index (Phi) is 4.19. The molecule has 0 unspecified atom stereocenters. The second kappa shape index (κ2) is 5.41. The molecule has 0 radical (unpaired) electrons. The molecule has 88 valence electrons. The molecule has 6 nitrogen and oxygen atoms in total. The number of carboxylic acid groups (broad SMARTS) is 1. The molecule has 0 saturated carbocycles. The van der Waals surface area contributed by atoms with Crippen LogP contribution in [0.3, 0.4) is 0 Å². The van der Waals surface area contributed by atoms with E-state index >= 15 is 0 Å². The third kappa shape index (κ3) is 2.46. The van der Waals surface area contributed by atoms with Crippen LogP contribution in [0.5, 0.6) is 0 Å². The van der Waals surface area contributed by atoms with E-state index in [4.69, 9.17) is 9.84 Å². The molecular formula is C10H14N2O4. The lowest BCUT2D eigenvalue weighted by Gasteiger charge is -2.07. The standard InChI is InChI=1S/C10H14N2O4/c1-3-7-8(10(14)15)9(13)12(6-11-7)4-5-16-2/h6H,3-5H2,1-2H3,(H,14,15). The summed E-state index contributed by atoms with van der Waals surface area (Å²) in [4.78, 5) is 26.7. The Labute approximate surface area is 92.5 Å². The van der Waals surface area contributed by atoms with Gasteiger partial charge in [0.25, 0.3) is 5.56 Å². The SMILES string of the molecule is CCc1ncn(CCOC)c(=O)c1C(=O)O. The number of carboxylic acids is 1. The van der Waals surface area contributed by atoms with E-state index in [0.29, 0.717) is 25.3 Å². The Morgan fingerprint density at radius 1 is 1.62 bits per heavy atom. The first-order valence-corrected chi connectivity index (χ1v) is 4.92. The van der Waals surface area contributed by atoms with Crippen LogP contribution in [0.4, 0.5) is 0 Å². The Hall–Kier alpha value is -1.69. The molecule has 1 N–H and O–H groups in total. The normalized spacial score (nSPS) is 10.4. The van der Waals surface area contributed by atoms with Crippen LogP contribution in [0.15, 0.2) is 11.1 Å². The molecule has 6 heteroatoms. The molecule has 0 spiro atoms. The summed E-state index contributed by atoms with van der Waals surface area (Å²) in [6.45, 7) is 2.40. The van der Waals surface area contributed by atoms with Crippen LogP contribution in [0, 0.1) is 0 Å². The van der Waals surface area contributed by atoms with Gasteiger partial charge in [-0.25, -0.2) is 9.78 Å². The number of hydrogen-bond donors (Lipinski definition) is 1. The minimum absolute atomic E-state index is 0.249. The number of aromatic carboxylic acids is 1. The van der Waals surface area contributed by atoms with Crippen molar-refractivity contribution in [2.24, 2.45) is 0 Å². The van der Waals surface area contributed by atoms with Gasteiger partial charge in [0.1, 0.15) is 5.56 Å². The van der Waals surface area contributed by atoms with Crippen LogP contribution in [0.25, 0.3) is 0 Å². The summed E-state index contributed by atoms with van der Waals surface area (Å²) in [7, 11) is 1.51. The molecule has 1 heterocycles. The maximum absolute atomic E-state index is 11.8. The van der Waals surface area contributed by atoms with Gasteiger partial charge in [0.15, 0.2) is 0 Å². The van der Waals surface area contributed by atoms with Gasteiger partial charge >= 0.3 is 5.97 Å². The van der Waals surface area contributed by atoms with Crippen molar-refractivity contribution in [1.82, 2.24) is 9.55 Å². The van der Waals surface area contributed by atoms with Crippen molar-refractivity contribution < 1.29 is 14.6 Å². The molecule has 0 bridgehead atoms. The molecule has 0 aliphatic carbocycles. The minimum Gasteiger partial charge on any atom is -0.477 e. The Morgan fingerprint density at radius 2 is 2.31 bits per heavy atom. The second-order valence-corrected chi connectivity index (χ2v) is 3.22. The van der Waals surface area contributed by atoms with Gasteiger partial charge in [-0.3, -0.25) is 9.36 Å². The van der Waals surface area contributed by atoms with Gasteiger partial charge in [-0.1, -0.05) is 6.92 Å². The highest BCUT2D eigenvalue weighted by Gasteiger charge is 2.16. The molecule has 0 aliphatic heterocycles. The summed E-state index contributed by atoms with van der Waals surface area (Å²) in [6, 6.07) is 0. The van der Waals surface area contributed by atoms with E-state index in [9.17, 15) is 9.59 Å². The zero-order valence-corrected chi connectivity index (χ0v) is 9.27. The van der Waals surface area contributed by atoms with Crippen molar-refractivity contribution in [1.29, 1.82) is 0 Å². The molecule has 0 atom stereocenters. The van der Waals surface area contributed by atoms with E-state index < -0.39 is 11.5 Å². The lowest BCUT2D eigenvalue weighted by atomic mass is 10.2. The first kappa shape index (κ1) is 12.4. The van der Waals surface area contributed by atoms with Crippen molar-refractivity contribution in [3.05, 3.63) is 27.9 Å². The number of ether oxygens (including phenoxy) is 1. The number of methoxy groups -OCH3 is 1. The average molecular weight is 226 g/mol. The van der Waals surface area contributed by atoms with E-state index in [2.05, 4.69) is 4.98 Å². The smallest absolute Gasteiger partial charge is 0.343 e. The maximum atomic E-state index is 11.8. The first-order valence-electron chi connectivity index (χ1n) is 4.92. The van der Waals surface area contributed by atoms with Gasteiger partial charge in [-0.05, 0) is 6.42 Å². The Bertz CT molecular complexity index is 439. The summed E-state index contributed by atoms with van der Waals surface area (Å²) >= 11 is 0. The minimum atomic E-state index is -1.24. The first-order chi connectivity index (χ1) is 7.61. The maximum Gasteiger partial charge on any atom is 0.343 e. The summed E-state index contributed by atoms with van der Waals surface area (Å²) in [5, 5.41) is 8.94. The lowest BCUT2D eigenvalue weighted by molar-refractivity contribution is 0.0691. The summed E-state index contributed by atoms with van der Waals surface area (Å²) in [5.74, 6) is -1.24. The summed E-state index contributed by atoms with van der Waals surface area (Å²) in [6.07, 6.45) is 1.77. The predicted octanol–water partition coefficient (Wildman–Crippen LogP) is 0.150. The van der Waals surface area contributed by atoms with Crippen LogP contribution >= 0.6 is 0 Å². The number of carbonyl (C=O) groups is 1. The van der Waals surface area contributed by atoms with E-state index in [1.54, 1.807) is 6.92 Å². The van der Waals surface area contributed by atoms with Crippen LogP contribution in [-0.2, 0) is 17.7 Å². The van der Waals surface area contributed by atoms with Gasteiger partial charge in [0.05, 0.1) is 25.2 Å². The van der Waals surface area contributed by atoms with Gasteiger partial charge in [0.2, 0.25) is 0 Å². The highest BCUT2D eigenvalue weighted by Crippen LogP contribution is 2.00. The second-order valence-electron chi connectivity index (χ2n) is 3.22. The molecule has 0 amide bonds. The van der Waals surface area contributed by atoms with E-state index in [1.807, 2.05) is 0 Å². The Morgan fingerprint density at radius 3 is 2.81 bits per heavy atom. The molecular weight excluding hydrogens is 212 g/mol. The van der Waals surface area contributed by atoms with Crippen molar-refractivity contribution >= 4 is 5.97 Å². The Balaban J connectivity index is 3.21. The monoisotopic (exact) mass is 226 g/mol. The molecule has 0 aromatic carbocycles. The van der Waals surface area contributed by atoms with Crippen LogP contribution in [-0.4, -0.2) is 34.3 Å². The number of hydrogen-bond acceptors (Lipinski definition) is 4. The molecule has 1 rings (SSSR count). The number of rotatable bonds is 5. The molecule has 1 aromatic heterocycles. The van der Waals surface area contributed by atoms with Gasteiger partial charge < -0.3 is 9.84 Å². The van der Waals surface area contributed by atoms with Gasteiger partial charge in [0, 0.05) is 7.11 Å². The van der Waals surface area contributed by atoms with Crippen LogP contribution in [0.1, 0.15) is 23.0 Å². The van der Waals surface area contributed by atoms with E-state index in [-0.39, 0.29) is 5.56 Å². The van der Waals surface area contributed by atoms with Crippen LogP contribution < -0.4 is 5.56 Å². The van der Waals surface area contributed by atoms with E-state index in [1.165, 1.54) is 18.0 Å². The van der Waals surface area contributed by atoms with Crippen molar-refractivity contribution in [3.63, 3.8) is 0 Å². The fourth-order valence-corrected chi connectivity index (χ4v) is 1.36. The zero-order chi connectivity index (χ0) is 12.1. The van der Waals surface area contributed by atoms with Gasteiger partial charge in [-0.2, -0.15) is 0 Å². The van der Waals surface area contributed by atoms with Crippen molar-refractivity contribution in [2.75, 3.05) is 13.7 Å². The van der Waals surface area contributed by atoms with E-state index in [0.717, 1.165) is 0 Å². The molecule has 0 saturated heterocycles. The topological polar surface area (TPSA) is 81.4 Å². The third-order valence-corrected chi connectivity index (χ3v) is 2.20. The highest BCUT2D eigenvalue weighted by atomic mass is 16.5. The summed E-state index contributed by atoms with van der Waals surface area (Å²) in [5.41, 5.74) is -0.469. The van der Waals surface area contributed by atoms with Crippen LogP contribution in [0.2, 0.25) is 0 Å². The molecule has 1 aromatic rings. The number of aryl methyl sites for hydroxylation is 1. The molecule has 0 fully saturated rings. The molecule has 0 aliphatic rings. The number of nitrogens with zero attached hydrogens (tertiary/aromatic N) is 2. The zero-order valence-electron chi connectivity index (χ0n) is 9.27. The quantitative estimate of drug-likeness (QED) is 0.772. The molecule has 16 heavy (non-hydrogen) atoms. The highest BCUT2D eigenvalue weighted by molar-refractivity contribution is 5.88. The summed E-state index contributed by atoms with van der Waals surface area (Å²) < 4.78 is 6.06. The lowest BCUT2D eigenvalue weighted by Crippen LogP contribution is -2.30. The average Bonchev–Trinajstić information content (AvgIpc) is 2.26. The number of aromatic nitrogens is 2. The van der Waals surface area contributed by atoms with Crippen molar-refractivity contribution in [3.8, 4) is 0 Å². The fourth-order valence-electron chi connectivity index (χ4n) is 1.36.